The molecule has 0 heterocycles. The summed E-state index contributed by atoms with van der Waals surface area (Å²) >= 11 is 10.1. The van der Waals surface area contributed by atoms with Gasteiger partial charge in [-0.1, -0.05) is 187 Å². The maximum atomic E-state index is 9.67. The Bertz CT molecular complexity index is 2730. The van der Waals surface area contributed by atoms with E-state index in [1.165, 1.54) is 7.11 Å². The van der Waals surface area contributed by atoms with Gasteiger partial charge >= 0.3 is 21.4 Å². The van der Waals surface area contributed by atoms with Crippen molar-refractivity contribution in [3.05, 3.63) is 208 Å². The van der Waals surface area contributed by atoms with Crippen molar-refractivity contribution in [3.8, 4) is 56.4 Å². The van der Waals surface area contributed by atoms with Gasteiger partial charge in [0.05, 0.1) is 21.3 Å². The number of para-hydroxylation sites is 4. The van der Waals surface area contributed by atoms with Gasteiger partial charge in [0.25, 0.3) is 0 Å². The Hall–Kier alpha value is -5.65. The summed E-state index contributed by atoms with van der Waals surface area (Å²) in [4.78, 5) is 0. The molecule has 0 amide bonds. The van der Waals surface area contributed by atoms with Crippen LogP contribution in [0.4, 0.5) is 0 Å². The Balaban J connectivity index is 0.000000187. The van der Waals surface area contributed by atoms with Gasteiger partial charge in [0.1, 0.15) is 23.0 Å². The predicted molar refractivity (Wildman–Crippen MR) is 282 cm³/mol. The molecule has 0 fully saturated rings. The van der Waals surface area contributed by atoms with E-state index in [1.807, 2.05) is 91.0 Å². The molecule has 0 saturated carbocycles. The first-order valence-electron chi connectivity index (χ1n) is 20.4. The number of ether oxygens (including phenoxy) is 3. The van der Waals surface area contributed by atoms with Gasteiger partial charge in [-0.05, 0) is 82.2 Å². The first kappa shape index (κ1) is 54.0. The predicted octanol–water partition coefficient (Wildman–Crippen LogP) is 8.49. The van der Waals surface area contributed by atoms with Crippen LogP contribution in [0.3, 0.4) is 0 Å². The standard InChI is InChI=1S/C13H13BO3.C13H11BrO.C12H11BO3.C7H9BO3.C6H4Br2/c1-17-13-8-3-2-7-12(13)10-5-4-6-11(9-10)14(15)16;1-15-13-8-3-2-7-12(13)10-5-4-6-11(14)9-10;14-12-7-2-1-6-11(12)9-4-3-5-10(8-9)13(15)16;1-11-7-5-3-2-4-6(7)8(9)10;7-5-2-1-3-6(8)4-5/h2-9,15-16H,1H3;2-9H,1H3;1-8,14-16H;2-5,9-10H,1H3;1-4H. The summed E-state index contributed by atoms with van der Waals surface area (Å²) < 4.78 is 18.8. The Labute approximate surface area is 417 Å². The molecule has 0 aliphatic heterocycles. The van der Waals surface area contributed by atoms with E-state index >= 15 is 0 Å². The average Bonchev–Trinajstić information content (AvgIpc) is 3.35. The van der Waals surface area contributed by atoms with Gasteiger partial charge in [-0.3, -0.25) is 0 Å². The fourth-order valence-corrected chi connectivity index (χ4v) is 7.72. The third kappa shape index (κ3) is 17.5. The highest BCUT2D eigenvalue weighted by Crippen LogP contribution is 2.32. The first-order valence-corrected chi connectivity index (χ1v) is 22.8. The zero-order chi connectivity index (χ0) is 48.7. The van der Waals surface area contributed by atoms with Gasteiger partial charge in [-0.25, -0.2) is 0 Å². The van der Waals surface area contributed by atoms with Crippen molar-refractivity contribution in [2.75, 3.05) is 21.3 Å². The lowest BCUT2D eigenvalue weighted by molar-refractivity contribution is 0.403. The third-order valence-electron chi connectivity index (χ3n) is 9.45. The maximum Gasteiger partial charge on any atom is 0.492 e. The monoisotopic (exact) mass is 1090 g/mol. The van der Waals surface area contributed by atoms with E-state index in [1.54, 1.807) is 99.1 Å². The molecule has 0 unspecified atom stereocenters. The van der Waals surface area contributed by atoms with Crippen LogP contribution in [0.1, 0.15) is 0 Å². The van der Waals surface area contributed by atoms with E-state index < -0.39 is 21.4 Å². The number of aromatic hydroxyl groups is 1. The quantitative estimate of drug-likeness (QED) is 0.0697. The van der Waals surface area contributed by atoms with E-state index in [2.05, 4.69) is 66.0 Å². The number of phenols is 1. The lowest BCUT2D eigenvalue weighted by atomic mass is 9.79. The number of methoxy groups -OCH3 is 3. The van der Waals surface area contributed by atoms with Crippen LogP contribution in [-0.4, -0.2) is 77.9 Å². The van der Waals surface area contributed by atoms with E-state index in [0.29, 0.717) is 27.7 Å². The van der Waals surface area contributed by atoms with Crippen molar-refractivity contribution in [3.63, 3.8) is 0 Å². The minimum Gasteiger partial charge on any atom is -0.507 e. The highest BCUT2D eigenvalue weighted by Gasteiger charge is 2.16. The van der Waals surface area contributed by atoms with Crippen LogP contribution >= 0.6 is 47.8 Å². The number of phenolic OH excluding ortho intramolecular Hbond substituents is 1. The zero-order valence-electron chi connectivity index (χ0n) is 36.7. The molecule has 7 N–H and O–H groups in total. The van der Waals surface area contributed by atoms with Crippen molar-refractivity contribution < 1.29 is 49.5 Å². The molecule has 0 aliphatic carbocycles. The Kier molecular flexibility index (Phi) is 23.0. The summed E-state index contributed by atoms with van der Waals surface area (Å²) in [6, 6.07) is 59.4. The summed E-state index contributed by atoms with van der Waals surface area (Å²) in [6.07, 6.45) is 0. The molecule has 10 nitrogen and oxygen atoms in total. The van der Waals surface area contributed by atoms with Crippen LogP contribution in [0.15, 0.2) is 208 Å². The lowest BCUT2D eigenvalue weighted by Crippen LogP contribution is -2.30. The first-order chi connectivity index (χ1) is 32.3. The topological polar surface area (TPSA) is 169 Å². The van der Waals surface area contributed by atoms with Crippen molar-refractivity contribution in [1.29, 1.82) is 0 Å². The minimum atomic E-state index is -1.49. The molecule has 8 aromatic rings. The van der Waals surface area contributed by atoms with Gasteiger partial charge in [0.2, 0.25) is 0 Å². The highest BCUT2D eigenvalue weighted by molar-refractivity contribution is 9.11. The number of hydrogen-bond acceptors (Lipinski definition) is 10. The van der Waals surface area contributed by atoms with E-state index in [4.69, 9.17) is 44.4 Å². The molecule has 67 heavy (non-hydrogen) atoms. The van der Waals surface area contributed by atoms with Crippen LogP contribution in [0, 0.1) is 0 Å². The van der Waals surface area contributed by atoms with Gasteiger partial charge in [0.15, 0.2) is 0 Å². The molecule has 342 valence electrons. The molecule has 8 rings (SSSR count). The number of halogens is 3. The molecular weight excluding hydrogens is 1040 g/mol. The van der Waals surface area contributed by atoms with E-state index in [9.17, 15) is 5.11 Å². The van der Waals surface area contributed by atoms with Crippen molar-refractivity contribution in [2.24, 2.45) is 0 Å². The van der Waals surface area contributed by atoms with Crippen LogP contribution in [0.2, 0.25) is 0 Å². The van der Waals surface area contributed by atoms with Crippen LogP contribution < -0.4 is 30.6 Å². The smallest absolute Gasteiger partial charge is 0.492 e. The second-order valence-electron chi connectivity index (χ2n) is 14.0. The van der Waals surface area contributed by atoms with E-state index in [-0.39, 0.29) is 5.75 Å². The average molecular weight is 1090 g/mol. The van der Waals surface area contributed by atoms with Crippen molar-refractivity contribution >= 4 is 85.5 Å². The Morgan fingerprint density at radius 3 is 1.09 bits per heavy atom. The summed E-state index contributed by atoms with van der Waals surface area (Å²) in [5, 5.41) is 63.7. The molecule has 0 aliphatic rings. The second kappa shape index (κ2) is 28.5. The third-order valence-corrected chi connectivity index (χ3v) is 10.9. The number of benzene rings is 8. The van der Waals surface area contributed by atoms with Crippen molar-refractivity contribution in [2.45, 2.75) is 0 Å². The molecule has 0 spiro atoms. The van der Waals surface area contributed by atoms with Crippen LogP contribution in [-0.2, 0) is 0 Å². The summed E-state index contributed by atoms with van der Waals surface area (Å²) in [7, 11) is 0.378. The zero-order valence-corrected chi connectivity index (χ0v) is 41.5. The van der Waals surface area contributed by atoms with Gasteiger partial charge in [0, 0.05) is 35.6 Å². The molecule has 0 saturated heterocycles. The van der Waals surface area contributed by atoms with Gasteiger partial charge in [-0.15, -0.1) is 0 Å². The molecule has 0 aromatic heterocycles. The van der Waals surface area contributed by atoms with Gasteiger partial charge < -0.3 is 49.5 Å². The SMILES string of the molecule is Brc1cccc(Br)c1.COc1ccccc1-c1cccc(B(O)O)c1.COc1ccccc1-c1cccc(Br)c1.COc1ccccc1B(O)O.OB(O)c1cccc(-c2ccccc2O)c1. The normalized spacial score (nSPS) is 9.85. The Morgan fingerprint density at radius 2 is 0.701 bits per heavy atom. The number of hydrogen-bond donors (Lipinski definition) is 7. The summed E-state index contributed by atoms with van der Waals surface area (Å²) in [5.41, 5.74) is 6.77. The minimum absolute atomic E-state index is 0.173. The second-order valence-corrected chi connectivity index (χ2v) is 16.7. The molecule has 0 radical (unpaired) electrons. The lowest BCUT2D eigenvalue weighted by Gasteiger charge is -2.09. The van der Waals surface area contributed by atoms with Crippen molar-refractivity contribution in [1.82, 2.24) is 0 Å². The van der Waals surface area contributed by atoms with Crippen LogP contribution in [0.25, 0.3) is 33.4 Å². The summed E-state index contributed by atoms with van der Waals surface area (Å²) in [6.45, 7) is 0. The van der Waals surface area contributed by atoms with E-state index in [0.717, 1.165) is 52.7 Å². The Morgan fingerprint density at radius 1 is 0.343 bits per heavy atom. The number of rotatable bonds is 9. The fourth-order valence-electron chi connectivity index (χ4n) is 6.21. The van der Waals surface area contributed by atoms with Crippen LogP contribution in [0.5, 0.6) is 23.0 Å². The molecule has 0 atom stereocenters. The molecular formula is C51H48B3Br3O10. The summed E-state index contributed by atoms with van der Waals surface area (Å²) in [5.74, 6) is 2.32. The molecule has 8 aromatic carbocycles. The fraction of sp³-hybridized carbons (Fsp3) is 0.0588. The maximum absolute atomic E-state index is 9.67. The highest BCUT2D eigenvalue weighted by atomic mass is 79.9. The molecule has 16 heteroatoms. The molecule has 0 bridgehead atoms. The van der Waals surface area contributed by atoms with Gasteiger partial charge in [-0.2, -0.15) is 0 Å². The largest absolute Gasteiger partial charge is 0.507 e.